The molecule has 0 amide bonds. The molecule has 7 saturated heterocycles. The fraction of sp³-hybridized carbons (Fsp3) is 1.00. The van der Waals surface area contributed by atoms with E-state index < -0.39 is 18.3 Å². The van der Waals surface area contributed by atoms with E-state index in [9.17, 15) is 25.5 Å². The van der Waals surface area contributed by atoms with Crippen LogP contribution in [0.4, 0.5) is 0 Å². The van der Waals surface area contributed by atoms with Gasteiger partial charge in [0.25, 0.3) is 0 Å². The Morgan fingerprint density at radius 1 is 0.333 bits per heavy atom. The molecule has 0 aromatic heterocycles. The van der Waals surface area contributed by atoms with Crippen molar-refractivity contribution >= 4 is 58.8 Å². The lowest BCUT2D eigenvalue weighted by molar-refractivity contribution is -0.228. The number of hydrogen-bond donors (Lipinski definition) is 6. The van der Waals surface area contributed by atoms with Gasteiger partial charge < -0.3 is 73.3 Å². The predicted molar refractivity (Wildman–Crippen MR) is 397 cm³/mol. The number of hydrogen-bond acceptors (Lipinski definition) is 23. The smallest absolute Gasteiger partial charge is 0.160 e. The normalized spacial score (nSPS) is 38.5. The van der Waals surface area contributed by atoms with Gasteiger partial charge in [-0.3, -0.25) is 0 Å². The van der Waals surface area contributed by atoms with Crippen LogP contribution in [-0.2, 0) is 42.6 Å². The summed E-state index contributed by atoms with van der Waals surface area (Å²) < 4.78 is 50.0. The van der Waals surface area contributed by atoms with Crippen LogP contribution in [0, 0.1) is 94.7 Å². The van der Waals surface area contributed by atoms with Crippen LogP contribution >= 0.6 is 58.8 Å². The van der Waals surface area contributed by atoms with Gasteiger partial charge in [-0.2, -0.15) is 0 Å². The predicted octanol–water partition coefficient (Wildman–Crippen LogP) is 14.1. The van der Waals surface area contributed by atoms with E-state index in [1.807, 2.05) is 51.2 Å². The summed E-state index contributed by atoms with van der Waals surface area (Å²) in [6.45, 7) is 51.5. The Hall–Kier alpha value is -0.920. The van der Waals surface area contributed by atoms with Gasteiger partial charge in [-0.05, 0) is 110 Å². The highest BCUT2D eigenvalue weighted by Gasteiger charge is 2.39. The number of aliphatic hydroxyl groups excluding tert-OH is 6. The molecule has 0 radical (unpaired) electrons. The molecule has 7 aliphatic rings. The fourth-order valence-corrected chi connectivity index (χ4v) is 16.0. The zero-order valence-corrected chi connectivity index (χ0v) is 66.4. The standard InChI is InChI=1S/C10H19N3O2.2C10H20OS.C9H17N3O3.2C9H18O2S.C8H16O3S.C2H5N3O/c1-7-6-15-10(9(3)8(7)2)14-5-4-12-13-11;2*1-5-12-10-9(4)8(3)7(2)6-11-10;1-6-7(2)9(15-5-8(6)13)14-4-3-11-12-10;1-4-12-9-7(3)8(10)6(2)5-11-9;1-4-12-9-8(10)7(3)6(2)5-11-9;1-3-12-8-5(2)7(10)6(9)4-11-8;3-5-4-1-2-6/h7-10H,4-6H2,1-3H3;2*7-10H,5-6H2,1-4H3;6-9,13H,3-5H2,1-2H3;2*6-10H,4-5H2,1-3H3;5-10H,3-4H2,1-2H3;6H,1-2H2/t7-,8+,9?,10-;2*7-,8+,9?,10+;6-,7?,8-,9-;6-,7?,8+,9+;6-,7+,8?,9+;5?,6-,7-,8+;/m1111111./s1. The van der Waals surface area contributed by atoms with Crippen LogP contribution in [-0.4, -0.2) is 215 Å². The van der Waals surface area contributed by atoms with Crippen molar-refractivity contribution in [3.63, 3.8) is 0 Å². The number of ether oxygens (including phenoxy) is 9. The van der Waals surface area contributed by atoms with Gasteiger partial charge in [-0.25, -0.2) is 0 Å². The highest BCUT2D eigenvalue weighted by atomic mass is 32.2. The van der Waals surface area contributed by atoms with Crippen molar-refractivity contribution in [2.45, 2.75) is 216 Å². The van der Waals surface area contributed by atoms with Gasteiger partial charge >= 0.3 is 0 Å². The Kier molecular flexibility index (Phi) is 55.1. The molecule has 0 aliphatic carbocycles. The first-order chi connectivity index (χ1) is 45.6. The average Bonchev–Trinajstić information content (AvgIpc) is 1.04. The van der Waals surface area contributed by atoms with E-state index in [2.05, 4.69) is 148 Å². The Balaban J connectivity index is 0.00000108. The van der Waals surface area contributed by atoms with Gasteiger partial charge in [0.15, 0.2) is 12.6 Å². The van der Waals surface area contributed by atoms with Crippen molar-refractivity contribution in [3.05, 3.63) is 31.3 Å². The average molecular weight is 1470 g/mol. The maximum atomic E-state index is 9.79. The third-order valence-electron chi connectivity index (χ3n) is 19.4. The van der Waals surface area contributed by atoms with E-state index in [1.54, 1.807) is 35.3 Å². The lowest BCUT2D eigenvalue weighted by atomic mass is 9.83. The molecular weight excluding hydrogens is 1330 g/mol. The van der Waals surface area contributed by atoms with Crippen LogP contribution in [0.15, 0.2) is 15.3 Å². The number of nitrogens with zero attached hydrogens (tertiary/aromatic N) is 9. The highest BCUT2D eigenvalue weighted by Crippen LogP contribution is 2.38. The molecule has 7 rings (SSSR count). The molecule has 566 valence electrons. The van der Waals surface area contributed by atoms with Crippen LogP contribution in [0.3, 0.4) is 0 Å². The number of aliphatic hydroxyl groups is 6. The SMILES string of the molecule is CC1[C@H](OCCN=[N+]=[N-])OC[C@@H](C)[C@@H]1C.CC1[C@H](OCCN=[N+]=[N-])OC[C@@H](O)[C@@H]1C.CCS[C@@H]1OC[C@@H](C)[C@H](C)C1C.CCS[C@@H]1OC[C@@H](C)[C@H](C)C1C.CCS[C@@H]1OC[C@@H](C)[C@H](C)C1O.CCS[C@@H]1OC[C@@H](C)[C@H](O)C1C.CCS[C@@H]1OC[C@@H](O)[C@H](O)C1C.[N-]=[N+]=NCCO. The quantitative estimate of drug-likeness (QED) is 0.0285. The monoisotopic (exact) mass is 1460 g/mol. The number of rotatable bonds is 20. The van der Waals surface area contributed by atoms with E-state index >= 15 is 0 Å². The molecule has 0 saturated carbocycles. The maximum absolute atomic E-state index is 9.79. The minimum Gasteiger partial charge on any atom is -0.396 e. The van der Waals surface area contributed by atoms with Gasteiger partial charge in [0.1, 0.15) is 33.3 Å². The molecule has 0 aromatic carbocycles. The Labute approximate surface area is 600 Å². The molecule has 28 atom stereocenters. The summed E-state index contributed by atoms with van der Waals surface area (Å²) in [5, 5.41) is 65.6. The van der Waals surface area contributed by atoms with E-state index in [4.69, 9.17) is 64.3 Å². The van der Waals surface area contributed by atoms with Gasteiger partial charge in [0.05, 0.1) is 83.9 Å². The van der Waals surface area contributed by atoms with Gasteiger partial charge in [-0.15, -0.1) is 58.8 Å². The molecule has 0 bridgehead atoms. The number of azide groups is 3. The minimum absolute atomic E-state index is 0.00111. The molecule has 29 heteroatoms. The molecule has 0 spiro atoms. The summed E-state index contributed by atoms with van der Waals surface area (Å²) in [4.78, 5) is 7.69. The molecule has 24 nitrogen and oxygen atoms in total. The highest BCUT2D eigenvalue weighted by molar-refractivity contribution is 8.00. The zero-order chi connectivity index (χ0) is 73.0. The lowest BCUT2D eigenvalue weighted by Gasteiger charge is -2.38. The second kappa shape index (κ2) is 55.6. The Morgan fingerprint density at radius 3 is 1.03 bits per heavy atom. The van der Waals surface area contributed by atoms with E-state index in [0.717, 1.165) is 78.9 Å². The van der Waals surface area contributed by atoms with Gasteiger partial charge in [-0.1, -0.05) is 161 Å². The zero-order valence-electron chi connectivity index (χ0n) is 62.3. The molecule has 7 aliphatic heterocycles. The summed E-state index contributed by atoms with van der Waals surface area (Å²) in [6, 6.07) is 0. The number of thioether (sulfide) groups is 5. The second-order valence-corrected chi connectivity index (χ2v) is 33.3. The molecule has 0 aromatic rings. The van der Waals surface area contributed by atoms with Crippen LogP contribution in [0.25, 0.3) is 31.3 Å². The van der Waals surface area contributed by atoms with E-state index in [1.165, 1.54) is 0 Å². The third-order valence-corrected chi connectivity index (χ3v) is 25.4. The summed E-state index contributed by atoms with van der Waals surface area (Å²) in [5.41, 5.74) is 24.8. The molecule has 96 heavy (non-hydrogen) atoms. The van der Waals surface area contributed by atoms with Crippen molar-refractivity contribution in [1.82, 2.24) is 0 Å². The Morgan fingerprint density at radius 2 is 0.635 bits per heavy atom. The van der Waals surface area contributed by atoms with Crippen LogP contribution in [0.5, 0.6) is 0 Å². The third kappa shape index (κ3) is 36.0. The summed E-state index contributed by atoms with van der Waals surface area (Å²) >= 11 is 9.04. The van der Waals surface area contributed by atoms with Gasteiger partial charge in [0, 0.05) is 70.6 Å². The van der Waals surface area contributed by atoms with Crippen molar-refractivity contribution < 1.29 is 73.3 Å². The van der Waals surface area contributed by atoms with Crippen LogP contribution in [0.1, 0.15) is 145 Å². The fourth-order valence-electron chi connectivity index (χ4n) is 11.0. The second-order valence-electron chi connectivity index (χ2n) is 26.5. The maximum Gasteiger partial charge on any atom is 0.160 e. The minimum atomic E-state index is -0.714. The first kappa shape index (κ1) is 95.1. The van der Waals surface area contributed by atoms with Crippen LogP contribution in [0.2, 0.25) is 0 Å². The van der Waals surface area contributed by atoms with Gasteiger partial charge in [0.2, 0.25) is 0 Å². The summed E-state index contributed by atoms with van der Waals surface area (Å²) in [7, 11) is 0. The first-order valence-corrected chi connectivity index (χ1v) is 40.5. The summed E-state index contributed by atoms with van der Waals surface area (Å²) in [6.07, 6.45) is -2.71. The lowest BCUT2D eigenvalue weighted by Crippen LogP contribution is -2.46. The van der Waals surface area contributed by atoms with Crippen molar-refractivity contribution in [2.75, 3.05) is 114 Å². The van der Waals surface area contributed by atoms with Crippen LogP contribution < -0.4 is 0 Å². The van der Waals surface area contributed by atoms with E-state index in [-0.39, 0.29) is 90.4 Å². The van der Waals surface area contributed by atoms with E-state index in [0.29, 0.717) is 91.8 Å². The first-order valence-electron chi connectivity index (χ1n) is 35.2. The molecule has 6 N–H and O–H groups in total. The van der Waals surface area contributed by atoms with Crippen molar-refractivity contribution in [1.29, 1.82) is 0 Å². The topological polar surface area (TPSA) is 351 Å². The van der Waals surface area contributed by atoms with Crippen molar-refractivity contribution in [3.8, 4) is 0 Å². The largest absolute Gasteiger partial charge is 0.396 e. The molecular formula is C67H133N9O15S5. The Bertz CT molecular complexity index is 1860. The molecule has 7 heterocycles. The van der Waals surface area contributed by atoms with Crippen molar-refractivity contribution in [2.24, 2.45) is 110 Å². The summed E-state index contributed by atoms with van der Waals surface area (Å²) in [5.74, 6) is 13.1. The molecule has 7 unspecified atom stereocenters. The molecule has 7 fully saturated rings.